The third-order valence-electron chi connectivity index (χ3n) is 3.22. The topological polar surface area (TPSA) is 58.6 Å². The number of ether oxygens (including phenoxy) is 1. The summed E-state index contributed by atoms with van der Waals surface area (Å²) in [7, 11) is 1.56. The number of carboxylic acid groups (broad SMARTS) is 1. The molecule has 112 valence electrons. The molecular weight excluding hydrogens is 261 g/mol. The monoisotopic (exact) mass is 283 g/mol. The van der Waals surface area contributed by atoms with E-state index in [9.17, 15) is 9.18 Å². The van der Waals surface area contributed by atoms with Gasteiger partial charge < -0.3 is 15.2 Å². The third-order valence-corrected chi connectivity index (χ3v) is 3.22. The van der Waals surface area contributed by atoms with Gasteiger partial charge in [0.05, 0.1) is 7.11 Å². The fourth-order valence-electron chi connectivity index (χ4n) is 1.97. The lowest BCUT2D eigenvalue weighted by Gasteiger charge is -2.12. The molecule has 1 atom stereocenters. The van der Waals surface area contributed by atoms with Crippen molar-refractivity contribution in [2.75, 3.05) is 13.7 Å². The Bertz CT molecular complexity index is 437. The van der Waals surface area contributed by atoms with Gasteiger partial charge >= 0.3 is 5.97 Å². The van der Waals surface area contributed by atoms with Gasteiger partial charge in [-0.25, -0.2) is 4.39 Å². The Labute approximate surface area is 119 Å². The van der Waals surface area contributed by atoms with E-state index in [1.54, 1.807) is 13.2 Å². The molecule has 0 aliphatic heterocycles. The molecule has 2 N–H and O–H groups in total. The minimum Gasteiger partial charge on any atom is -0.496 e. The second kappa shape index (κ2) is 8.53. The molecular formula is C15H22FNO3. The van der Waals surface area contributed by atoms with Crippen LogP contribution in [-0.2, 0) is 11.3 Å². The first-order valence-electron chi connectivity index (χ1n) is 6.78. The summed E-state index contributed by atoms with van der Waals surface area (Å²) in [4.78, 5) is 10.5. The number of benzene rings is 1. The number of methoxy groups -OCH3 is 1. The van der Waals surface area contributed by atoms with Crippen molar-refractivity contribution in [1.82, 2.24) is 5.32 Å². The van der Waals surface area contributed by atoms with Gasteiger partial charge in [0.15, 0.2) is 0 Å². The number of carbonyl (C=O) groups is 1. The predicted octanol–water partition coefficient (Wildman–Crippen LogP) is 2.81. The van der Waals surface area contributed by atoms with Gasteiger partial charge in [0.2, 0.25) is 0 Å². The van der Waals surface area contributed by atoms with Crippen molar-refractivity contribution in [1.29, 1.82) is 0 Å². The highest BCUT2D eigenvalue weighted by molar-refractivity contribution is 5.66. The van der Waals surface area contributed by atoms with E-state index < -0.39 is 5.97 Å². The van der Waals surface area contributed by atoms with Gasteiger partial charge in [-0.3, -0.25) is 4.79 Å². The van der Waals surface area contributed by atoms with E-state index in [2.05, 4.69) is 5.32 Å². The molecule has 0 heterocycles. The smallest absolute Gasteiger partial charge is 0.303 e. The highest BCUT2D eigenvalue weighted by Gasteiger charge is 2.07. The number of rotatable bonds is 9. The Morgan fingerprint density at radius 2 is 2.20 bits per heavy atom. The normalized spacial score (nSPS) is 12.2. The number of nitrogens with one attached hydrogen (secondary N) is 1. The maximum Gasteiger partial charge on any atom is 0.303 e. The molecule has 1 aromatic carbocycles. The fourth-order valence-corrected chi connectivity index (χ4v) is 1.97. The highest BCUT2D eigenvalue weighted by Crippen LogP contribution is 2.19. The summed E-state index contributed by atoms with van der Waals surface area (Å²) in [6.45, 7) is 3.33. The summed E-state index contributed by atoms with van der Waals surface area (Å²) >= 11 is 0. The maximum absolute atomic E-state index is 13.2. The zero-order valence-electron chi connectivity index (χ0n) is 12.0. The van der Waals surface area contributed by atoms with Gasteiger partial charge in [-0.2, -0.15) is 0 Å². The van der Waals surface area contributed by atoms with E-state index in [0.29, 0.717) is 24.6 Å². The summed E-state index contributed by atoms with van der Waals surface area (Å²) in [5.41, 5.74) is 0.783. The Kier molecular flexibility index (Phi) is 7.01. The quantitative estimate of drug-likeness (QED) is 0.684. The van der Waals surface area contributed by atoms with Crippen LogP contribution in [0.15, 0.2) is 18.2 Å². The first-order chi connectivity index (χ1) is 9.52. The average Bonchev–Trinajstić information content (AvgIpc) is 2.41. The standard InChI is InChI=1S/C15H22FNO3/c1-11(3-6-15(18)19)7-8-17-10-12-9-13(16)4-5-14(12)20-2/h4-5,9,11,17H,3,6-8,10H2,1-2H3,(H,18,19). The molecule has 1 aromatic rings. The van der Waals surface area contributed by atoms with Crippen LogP contribution in [0.1, 0.15) is 31.7 Å². The molecule has 0 aliphatic carbocycles. The molecule has 0 saturated carbocycles. The fraction of sp³-hybridized carbons (Fsp3) is 0.533. The van der Waals surface area contributed by atoms with Crippen LogP contribution in [0.4, 0.5) is 4.39 Å². The summed E-state index contributed by atoms with van der Waals surface area (Å²) in [6.07, 6.45) is 1.78. The Hall–Kier alpha value is -1.62. The Balaban J connectivity index is 2.30. The van der Waals surface area contributed by atoms with Crippen LogP contribution in [0.5, 0.6) is 5.75 Å². The molecule has 0 aliphatic rings. The zero-order chi connectivity index (χ0) is 15.0. The summed E-state index contributed by atoms with van der Waals surface area (Å²) < 4.78 is 18.3. The largest absolute Gasteiger partial charge is 0.496 e. The van der Waals surface area contributed by atoms with Crippen molar-refractivity contribution in [3.63, 3.8) is 0 Å². The van der Waals surface area contributed by atoms with E-state index in [1.165, 1.54) is 12.1 Å². The molecule has 0 spiro atoms. The molecule has 0 fully saturated rings. The van der Waals surface area contributed by atoms with Crippen molar-refractivity contribution in [2.45, 2.75) is 32.7 Å². The van der Waals surface area contributed by atoms with Crippen molar-refractivity contribution in [3.8, 4) is 5.75 Å². The van der Waals surface area contributed by atoms with Crippen LogP contribution in [0.25, 0.3) is 0 Å². The second-order valence-electron chi connectivity index (χ2n) is 4.96. The average molecular weight is 283 g/mol. The van der Waals surface area contributed by atoms with E-state index >= 15 is 0 Å². The minimum atomic E-state index is -0.755. The van der Waals surface area contributed by atoms with E-state index in [0.717, 1.165) is 18.5 Å². The van der Waals surface area contributed by atoms with Crippen LogP contribution in [0.3, 0.4) is 0 Å². The van der Waals surface area contributed by atoms with Gasteiger partial charge in [0.25, 0.3) is 0 Å². The van der Waals surface area contributed by atoms with Gasteiger partial charge in [0, 0.05) is 18.5 Å². The lowest BCUT2D eigenvalue weighted by molar-refractivity contribution is -0.137. The lowest BCUT2D eigenvalue weighted by Crippen LogP contribution is -2.18. The maximum atomic E-state index is 13.2. The first-order valence-corrected chi connectivity index (χ1v) is 6.78. The predicted molar refractivity (Wildman–Crippen MR) is 75.3 cm³/mol. The molecule has 5 heteroatoms. The molecule has 0 saturated heterocycles. The third kappa shape index (κ3) is 6.02. The van der Waals surface area contributed by atoms with Gasteiger partial charge in [-0.1, -0.05) is 6.92 Å². The van der Waals surface area contributed by atoms with Crippen molar-refractivity contribution >= 4 is 5.97 Å². The molecule has 1 unspecified atom stereocenters. The van der Waals surface area contributed by atoms with Crippen LogP contribution >= 0.6 is 0 Å². The number of hydrogen-bond acceptors (Lipinski definition) is 3. The van der Waals surface area contributed by atoms with Crippen LogP contribution in [0, 0.1) is 11.7 Å². The summed E-state index contributed by atoms with van der Waals surface area (Å²) in [6, 6.07) is 4.44. The number of halogens is 1. The lowest BCUT2D eigenvalue weighted by atomic mass is 10.0. The van der Waals surface area contributed by atoms with Crippen molar-refractivity contribution < 1.29 is 19.0 Å². The Morgan fingerprint density at radius 1 is 1.45 bits per heavy atom. The SMILES string of the molecule is COc1ccc(F)cc1CNCCC(C)CCC(=O)O. The first kappa shape index (κ1) is 16.4. The Morgan fingerprint density at radius 3 is 2.85 bits per heavy atom. The molecule has 4 nitrogen and oxygen atoms in total. The molecule has 0 amide bonds. The molecule has 0 radical (unpaired) electrons. The van der Waals surface area contributed by atoms with Gasteiger partial charge in [-0.15, -0.1) is 0 Å². The minimum absolute atomic E-state index is 0.207. The van der Waals surface area contributed by atoms with Crippen molar-refractivity contribution in [2.24, 2.45) is 5.92 Å². The van der Waals surface area contributed by atoms with Gasteiger partial charge in [-0.05, 0) is 43.5 Å². The van der Waals surface area contributed by atoms with Crippen LogP contribution in [-0.4, -0.2) is 24.7 Å². The second-order valence-corrected chi connectivity index (χ2v) is 4.96. The van der Waals surface area contributed by atoms with E-state index in [4.69, 9.17) is 9.84 Å². The van der Waals surface area contributed by atoms with E-state index in [-0.39, 0.29) is 12.2 Å². The highest BCUT2D eigenvalue weighted by atomic mass is 19.1. The van der Waals surface area contributed by atoms with E-state index in [1.807, 2.05) is 6.92 Å². The molecule has 0 bridgehead atoms. The summed E-state index contributed by atoms with van der Waals surface area (Å²) in [5.74, 6) is -0.0161. The zero-order valence-corrected chi connectivity index (χ0v) is 12.0. The summed E-state index contributed by atoms with van der Waals surface area (Å²) in [5, 5.41) is 11.8. The molecule has 1 rings (SSSR count). The molecule has 0 aromatic heterocycles. The van der Waals surface area contributed by atoms with Crippen LogP contribution in [0.2, 0.25) is 0 Å². The number of carboxylic acids is 1. The number of hydrogen-bond donors (Lipinski definition) is 2. The molecule has 20 heavy (non-hydrogen) atoms. The number of aliphatic carboxylic acids is 1. The van der Waals surface area contributed by atoms with Gasteiger partial charge in [0.1, 0.15) is 11.6 Å². The van der Waals surface area contributed by atoms with Crippen LogP contribution < -0.4 is 10.1 Å². The van der Waals surface area contributed by atoms with Crippen molar-refractivity contribution in [3.05, 3.63) is 29.6 Å².